The SMILES string of the molecule is CCCC(C)(N)C(=O)N1CCN(C(C)C)CC1. The number of carbonyl (C=O) groups excluding carboxylic acids is 1. The summed E-state index contributed by atoms with van der Waals surface area (Å²) in [6, 6.07) is 0.562. The molecule has 1 fully saturated rings. The fourth-order valence-electron chi connectivity index (χ4n) is 2.43. The van der Waals surface area contributed by atoms with Gasteiger partial charge in [0.1, 0.15) is 0 Å². The molecule has 1 amide bonds. The highest BCUT2D eigenvalue weighted by Gasteiger charge is 2.33. The van der Waals surface area contributed by atoms with E-state index in [4.69, 9.17) is 5.73 Å². The molecular weight excluding hydrogens is 214 g/mol. The number of carbonyl (C=O) groups is 1. The van der Waals surface area contributed by atoms with Gasteiger partial charge in [-0.05, 0) is 27.2 Å². The van der Waals surface area contributed by atoms with Crippen LogP contribution in [0.5, 0.6) is 0 Å². The van der Waals surface area contributed by atoms with Crippen molar-refractivity contribution in [1.29, 1.82) is 0 Å². The Balaban J connectivity index is 2.51. The molecule has 0 aromatic rings. The molecule has 0 saturated carbocycles. The number of nitrogens with two attached hydrogens (primary N) is 1. The standard InChI is InChI=1S/C13H27N3O/c1-5-6-13(4,14)12(17)16-9-7-15(8-10-16)11(2)3/h11H,5-10,14H2,1-4H3. The monoisotopic (exact) mass is 241 g/mol. The van der Waals surface area contributed by atoms with Crippen LogP contribution in [0.3, 0.4) is 0 Å². The lowest BCUT2D eigenvalue weighted by Crippen LogP contribution is -2.58. The van der Waals surface area contributed by atoms with E-state index >= 15 is 0 Å². The number of hydrogen-bond donors (Lipinski definition) is 1. The molecule has 1 atom stereocenters. The molecule has 2 N–H and O–H groups in total. The Morgan fingerprint density at radius 2 is 1.82 bits per heavy atom. The molecule has 1 unspecified atom stereocenters. The van der Waals surface area contributed by atoms with Gasteiger partial charge in [0, 0.05) is 32.2 Å². The third-order valence-electron chi connectivity index (χ3n) is 3.59. The summed E-state index contributed by atoms with van der Waals surface area (Å²) >= 11 is 0. The van der Waals surface area contributed by atoms with Gasteiger partial charge in [0.05, 0.1) is 5.54 Å². The maximum atomic E-state index is 12.3. The van der Waals surface area contributed by atoms with Gasteiger partial charge >= 0.3 is 0 Å². The molecule has 0 aliphatic carbocycles. The maximum Gasteiger partial charge on any atom is 0.242 e. The second-order valence-corrected chi connectivity index (χ2v) is 5.59. The first-order chi connectivity index (χ1) is 7.88. The van der Waals surface area contributed by atoms with E-state index in [1.165, 1.54) is 0 Å². The number of amides is 1. The molecule has 100 valence electrons. The number of piperazine rings is 1. The second-order valence-electron chi connectivity index (χ2n) is 5.59. The number of nitrogens with zero attached hydrogens (tertiary/aromatic N) is 2. The number of hydrogen-bond acceptors (Lipinski definition) is 3. The van der Waals surface area contributed by atoms with Crippen LogP contribution in [0.25, 0.3) is 0 Å². The first-order valence-corrected chi connectivity index (χ1v) is 6.70. The van der Waals surface area contributed by atoms with Gasteiger partial charge in [0.15, 0.2) is 0 Å². The largest absolute Gasteiger partial charge is 0.339 e. The van der Waals surface area contributed by atoms with E-state index in [1.54, 1.807) is 0 Å². The van der Waals surface area contributed by atoms with Crippen molar-refractivity contribution in [2.45, 2.75) is 52.1 Å². The lowest BCUT2D eigenvalue weighted by atomic mass is 9.95. The quantitative estimate of drug-likeness (QED) is 0.800. The van der Waals surface area contributed by atoms with Crippen LogP contribution in [-0.2, 0) is 4.79 Å². The van der Waals surface area contributed by atoms with Crippen LogP contribution in [0.1, 0.15) is 40.5 Å². The van der Waals surface area contributed by atoms with Gasteiger partial charge in [-0.25, -0.2) is 0 Å². The average Bonchev–Trinajstić information content (AvgIpc) is 2.28. The Hall–Kier alpha value is -0.610. The average molecular weight is 241 g/mol. The zero-order chi connectivity index (χ0) is 13.1. The lowest BCUT2D eigenvalue weighted by Gasteiger charge is -2.40. The minimum atomic E-state index is -0.686. The topological polar surface area (TPSA) is 49.6 Å². The first-order valence-electron chi connectivity index (χ1n) is 6.70. The van der Waals surface area contributed by atoms with Crippen LogP contribution in [-0.4, -0.2) is 53.5 Å². The summed E-state index contributed by atoms with van der Waals surface area (Å²) in [4.78, 5) is 16.6. The van der Waals surface area contributed by atoms with E-state index in [-0.39, 0.29) is 5.91 Å². The highest BCUT2D eigenvalue weighted by atomic mass is 16.2. The van der Waals surface area contributed by atoms with Crippen LogP contribution in [0.2, 0.25) is 0 Å². The molecule has 4 heteroatoms. The Morgan fingerprint density at radius 3 is 2.24 bits per heavy atom. The van der Waals surface area contributed by atoms with Gasteiger partial charge in [-0.2, -0.15) is 0 Å². The minimum Gasteiger partial charge on any atom is -0.339 e. The van der Waals surface area contributed by atoms with Crippen molar-refractivity contribution in [3.05, 3.63) is 0 Å². The maximum absolute atomic E-state index is 12.3. The van der Waals surface area contributed by atoms with Crippen molar-refractivity contribution >= 4 is 5.91 Å². The summed E-state index contributed by atoms with van der Waals surface area (Å²) in [5.74, 6) is 0.114. The Bertz CT molecular complexity index is 255. The molecule has 1 heterocycles. The number of rotatable bonds is 4. The van der Waals surface area contributed by atoms with E-state index in [2.05, 4.69) is 25.7 Å². The summed E-state index contributed by atoms with van der Waals surface area (Å²) in [7, 11) is 0. The van der Waals surface area contributed by atoms with Crippen molar-refractivity contribution in [3.63, 3.8) is 0 Å². The molecule has 1 saturated heterocycles. The Morgan fingerprint density at radius 1 is 1.29 bits per heavy atom. The van der Waals surface area contributed by atoms with Gasteiger partial charge in [-0.3, -0.25) is 9.69 Å². The summed E-state index contributed by atoms with van der Waals surface area (Å²) < 4.78 is 0. The zero-order valence-corrected chi connectivity index (χ0v) is 11.7. The molecule has 0 radical (unpaired) electrons. The molecular formula is C13H27N3O. The summed E-state index contributed by atoms with van der Waals surface area (Å²) in [5.41, 5.74) is 5.41. The van der Waals surface area contributed by atoms with Crippen LogP contribution in [0, 0.1) is 0 Å². The van der Waals surface area contributed by atoms with Crippen molar-refractivity contribution in [3.8, 4) is 0 Å². The van der Waals surface area contributed by atoms with Gasteiger partial charge in [0.2, 0.25) is 5.91 Å². The van der Waals surface area contributed by atoms with Gasteiger partial charge in [0.25, 0.3) is 0 Å². The molecule has 0 bridgehead atoms. The van der Waals surface area contributed by atoms with E-state index in [0.29, 0.717) is 6.04 Å². The Labute approximate surface area is 105 Å². The smallest absolute Gasteiger partial charge is 0.242 e. The van der Waals surface area contributed by atoms with Crippen LogP contribution in [0.4, 0.5) is 0 Å². The molecule has 1 rings (SSSR count). The highest BCUT2D eigenvalue weighted by Crippen LogP contribution is 2.15. The predicted octanol–water partition coefficient (Wildman–Crippen LogP) is 1.06. The van der Waals surface area contributed by atoms with E-state index in [1.807, 2.05) is 11.8 Å². The van der Waals surface area contributed by atoms with E-state index in [9.17, 15) is 4.79 Å². The fraction of sp³-hybridized carbons (Fsp3) is 0.923. The van der Waals surface area contributed by atoms with Crippen LogP contribution >= 0.6 is 0 Å². The summed E-state index contributed by atoms with van der Waals surface area (Å²) in [6.45, 7) is 11.9. The van der Waals surface area contributed by atoms with Crippen LogP contribution < -0.4 is 5.73 Å². The van der Waals surface area contributed by atoms with E-state index in [0.717, 1.165) is 39.0 Å². The van der Waals surface area contributed by atoms with Crippen molar-refractivity contribution in [1.82, 2.24) is 9.80 Å². The van der Waals surface area contributed by atoms with Crippen molar-refractivity contribution in [2.75, 3.05) is 26.2 Å². The van der Waals surface area contributed by atoms with Crippen molar-refractivity contribution in [2.24, 2.45) is 5.73 Å². The first kappa shape index (κ1) is 14.5. The molecule has 17 heavy (non-hydrogen) atoms. The predicted molar refractivity (Wildman–Crippen MR) is 70.8 cm³/mol. The molecule has 0 aromatic heterocycles. The molecule has 1 aliphatic rings. The third kappa shape index (κ3) is 3.68. The fourth-order valence-corrected chi connectivity index (χ4v) is 2.43. The molecule has 0 aromatic carbocycles. The van der Waals surface area contributed by atoms with Gasteiger partial charge in [-0.1, -0.05) is 13.3 Å². The zero-order valence-electron chi connectivity index (χ0n) is 11.7. The van der Waals surface area contributed by atoms with Crippen molar-refractivity contribution < 1.29 is 4.79 Å². The normalized spacial score (nSPS) is 21.6. The minimum absolute atomic E-state index is 0.114. The van der Waals surface area contributed by atoms with E-state index < -0.39 is 5.54 Å². The summed E-state index contributed by atoms with van der Waals surface area (Å²) in [5, 5.41) is 0. The molecule has 1 aliphatic heterocycles. The molecule has 4 nitrogen and oxygen atoms in total. The van der Waals surface area contributed by atoms with Gasteiger partial charge in [-0.15, -0.1) is 0 Å². The second kappa shape index (κ2) is 5.83. The Kier molecular flexibility index (Phi) is 4.95. The lowest BCUT2D eigenvalue weighted by molar-refractivity contribution is -0.138. The van der Waals surface area contributed by atoms with Gasteiger partial charge < -0.3 is 10.6 Å². The third-order valence-corrected chi connectivity index (χ3v) is 3.59. The summed E-state index contributed by atoms with van der Waals surface area (Å²) in [6.07, 6.45) is 1.71. The molecule has 0 spiro atoms. The van der Waals surface area contributed by atoms with Crippen LogP contribution in [0.15, 0.2) is 0 Å². The highest BCUT2D eigenvalue weighted by molar-refractivity contribution is 5.85.